The molecule has 0 spiro atoms. The monoisotopic (exact) mass is 455 g/mol. The van der Waals surface area contributed by atoms with E-state index in [4.69, 9.17) is 9.47 Å². The van der Waals surface area contributed by atoms with Crippen LogP contribution in [0.15, 0.2) is 24.3 Å². The van der Waals surface area contributed by atoms with Gasteiger partial charge in [0.05, 0.1) is 24.1 Å². The zero-order valence-electron chi connectivity index (χ0n) is 20.1. The molecule has 2 unspecified atom stereocenters. The second kappa shape index (κ2) is 10.6. The zero-order valence-corrected chi connectivity index (χ0v) is 20.1. The quantitative estimate of drug-likeness (QED) is 0.595. The van der Waals surface area contributed by atoms with E-state index in [1.165, 1.54) is 7.11 Å². The van der Waals surface area contributed by atoms with Crippen molar-refractivity contribution >= 4 is 17.8 Å². The summed E-state index contributed by atoms with van der Waals surface area (Å²) in [5, 5.41) is 4.58. The number of hydrogen-bond acceptors (Lipinski definition) is 6. The minimum absolute atomic E-state index is 0.152. The number of carbonyl (C=O) groups excluding carboxylic acids is 3. The molecule has 8 heteroatoms. The summed E-state index contributed by atoms with van der Waals surface area (Å²) in [6, 6.07) is 6.90. The summed E-state index contributed by atoms with van der Waals surface area (Å²) in [6.07, 6.45) is 1.96. The number of amides is 1. The summed E-state index contributed by atoms with van der Waals surface area (Å²) >= 11 is 0. The van der Waals surface area contributed by atoms with Crippen molar-refractivity contribution in [1.29, 1.82) is 0 Å². The number of aromatic nitrogens is 2. The van der Waals surface area contributed by atoms with Crippen molar-refractivity contribution in [2.45, 2.75) is 47.0 Å². The van der Waals surface area contributed by atoms with Crippen molar-refractivity contribution in [3.63, 3.8) is 0 Å². The number of aryl methyl sites for hydroxylation is 1. The standard InChI is InChI=1S/C25H33N3O5/c1-16-12-17(2)14-27(13-16)23(29)15-33-25(31)20-6-8-21(9-7-20)28-19(4)22(18(3)26-28)10-11-24(30)32-5/h6-9,16-17H,10-15H2,1-5H3. The number of carbonyl (C=O) groups is 3. The fourth-order valence-corrected chi connectivity index (χ4v) is 4.52. The van der Waals surface area contributed by atoms with Gasteiger partial charge in [-0.05, 0) is 68.4 Å². The first-order valence-corrected chi connectivity index (χ1v) is 11.4. The maximum Gasteiger partial charge on any atom is 0.338 e. The van der Waals surface area contributed by atoms with Crippen molar-refractivity contribution in [2.75, 3.05) is 26.8 Å². The Morgan fingerprint density at radius 2 is 1.70 bits per heavy atom. The fraction of sp³-hybridized carbons (Fsp3) is 0.520. The van der Waals surface area contributed by atoms with Crippen molar-refractivity contribution in [3.8, 4) is 5.69 Å². The van der Waals surface area contributed by atoms with Crippen LogP contribution in [0, 0.1) is 25.7 Å². The first kappa shape index (κ1) is 24.5. The Labute approximate surface area is 194 Å². The van der Waals surface area contributed by atoms with Gasteiger partial charge in [0.15, 0.2) is 6.61 Å². The highest BCUT2D eigenvalue weighted by atomic mass is 16.5. The van der Waals surface area contributed by atoms with Crippen LogP contribution >= 0.6 is 0 Å². The molecule has 1 amide bonds. The highest BCUT2D eigenvalue weighted by molar-refractivity contribution is 5.91. The van der Waals surface area contributed by atoms with E-state index >= 15 is 0 Å². The third kappa shape index (κ3) is 6.00. The van der Waals surface area contributed by atoms with Crippen LogP contribution in [0.1, 0.15) is 54.0 Å². The van der Waals surface area contributed by atoms with E-state index in [1.54, 1.807) is 33.8 Å². The predicted octanol–water partition coefficient (Wildman–Crippen LogP) is 3.26. The average Bonchev–Trinajstić information content (AvgIpc) is 3.08. The molecule has 2 atom stereocenters. The van der Waals surface area contributed by atoms with E-state index in [0.717, 1.165) is 29.1 Å². The van der Waals surface area contributed by atoms with E-state index < -0.39 is 5.97 Å². The van der Waals surface area contributed by atoms with Gasteiger partial charge >= 0.3 is 11.9 Å². The molecule has 0 radical (unpaired) electrons. The van der Waals surface area contributed by atoms with Gasteiger partial charge in [-0.15, -0.1) is 0 Å². The van der Waals surface area contributed by atoms with Gasteiger partial charge in [-0.1, -0.05) is 13.8 Å². The summed E-state index contributed by atoms with van der Waals surface area (Å²) in [5.41, 5.74) is 3.95. The van der Waals surface area contributed by atoms with Crippen LogP contribution < -0.4 is 0 Å². The molecule has 1 saturated heterocycles. The van der Waals surface area contributed by atoms with Crippen LogP contribution in [0.5, 0.6) is 0 Å². The molecule has 0 aliphatic carbocycles. The number of methoxy groups -OCH3 is 1. The zero-order chi connectivity index (χ0) is 24.1. The molecule has 3 rings (SSSR count). The van der Waals surface area contributed by atoms with Gasteiger partial charge in [0.25, 0.3) is 5.91 Å². The van der Waals surface area contributed by atoms with Gasteiger partial charge in [-0.25, -0.2) is 9.48 Å². The van der Waals surface area contributed by atoms with Crippen LogP contribution in [0.3, 0.4) is 0 Å². The second-order valence-electron chi connectivity index (χ2n) is 9.01. The third-order valence-electron chi connectivity index (χ3n) is 6.14. The van der Waals surface area contributed by atoms with Gasteiger partial charge in [-0.3, -0.25) is 9.59 Å². The normalized spacial score (nSPS) is 18.2. The van der Waals surface area contributed by atoms with E-state index in [2.05, 4.69) is 18.9 Å². The van der Waals surface area contributed by atoms with Crippen LogP contribution in [-0.4, -0.2) is 59.3 Å². The summed E-state index contributed by atoms with van der Waals surface area (Å²) in [7, 11) is 1.38. The maximum absolute atomic E-state index is 12.5. The number of benzene rings is 1. The Hall–Kier alpha value is -3.16. The minimum Gasteiger partial charge on any atom is -0.469 e. The van der Waals surface area contributed by atoms with Crippen LogP contribution in [0.2, 0.25) is 0 Å². The van der Waals surface area contributed by atoms with Gasteiger partial charge in [-0.2, -0.15) is 5.10 Å². The Morgan fingerprint density at radius 3 is 2.30 bits per heavy atom. The lowest BCUT2D eigenvalue weighted by molar-refractivity contribution is -0.140. The van der Waals surface area contributed by atoms with Crippen LogP contribution in [-0.2, 0) is 25.5 Å². The Kier molecular flexibility index (Phi) is 7.89. The number of piperidine rings is 1. The smallest absolute Gasteiger partial charge is 0.338 e. The largest absolute Gasteiger partial charge is 0.469 e. The number of hydrogen-bond donors (Lipinski definition) is 0. The Bertz CT molecular complexity index is 1000. The molecule has 1 aromatic carbocycles. The Morgan fingerprint density at radius 1 is 1.06 bits per heavy atom. The second-order valence-corrected chi connectivity index (χ2v) is 9.01. The number of likely N-dealkylation sites (tertiary alicyclic amines) is 1. The van der Waals surface area contributed by atoms with Gasteiger partial charge in [0.1, 0.15) is 0 Å². The summed E-state index contributed by atoms with van der Waals surface area (Å²) in [4.78, 5) is 38.2. The minimum atomic E-state index is -0.528. The number of rotatable bonds is 7. The average molecular weight is 456 g/mol. The lowest BCUT2D eigenvalue weighted by atomic mass is 9.92. The summed E-state index contributed by atoms with van der Waals surface area (Å²) in [6.45, 7) is 9.29. The third-order valence-corrected chi connectivity index (χ3v) is 6.14. The van der Waals surface area contributed by atoms with Crippen LogP contribution in [0.25, 0.3) is 5.69 Å². The number of nitrogens with zero attached hydrogens (tertiary/aromatic N) is 3. The molecule has 178 valence electrons. The van der Waals surface area contributed by atoms with Gasteiger partial charge < -0.3 is 14.4 Å². The van der Waals surface area contributed by atoms with E-state index in [0.29, 0.717) is 43.3 Å². The first-order valence-electron chi connectivity index (χ1n) is 11.4. The van der Waals surface area contributed by atoms with Crippen molar-refractivity contribution in [3.05, 3.63) is 46.8 Å². The number of ether oxygens (including phenoxy) is 2. The van der Waals surface area contributed by atoms with E-state index in [1.807, 2.05) is 13.8 Å². The van der Waals surface area contributed by atoms with E-state index in [9.17, 15) is 14.4 Å². The molecule has 1 aliphatic heterocycles. The molecule has 2 aromatic rings. The molecular formula is C25H33N3O5. The lowest BCUT2D eigenvalue weighted by Crippen LogP contribution is -2.44. The topological polar surface area (TPSA) is 90.7 Å². The highest BCUT2D eigenvalue weighted by Gasteiger charge is 2.26. The summed E-state index contributed by atoms with van der Waals surface area (Å²) in [5.74, 6) is -0.0273. The van der Waals surface area contributed by atoms with E-state index in [-0.39, 0.29) is 18.5 Å². The number of esters is 2. The molecule has 2 heterocycles. The molecule has 1 aromatic heterocycles. The molecule has 0 N–H and O–H groups in total. The fourth-order valence-electron chi connectivity index (χ4n) is 4.52. The molecule has 0 saturated carbocycles. The molecule has 33 heavy (non-hydrogen) atoms. The molecule has 1 aliphatic rings. The molecule has 1 fully saturated rings. The lowest BCUT2D eigenvalue weighted by Gasteiger charge is -2.34. The SMILES string of the molecule is COC(=O)CCc1c(C)nn(-c2ccc(C(=O)OCC(=O)N3CC(C)CC(C)C3)cc2)c1C. The Balaban J connectivity index is 1.61. The first-order chi connectivity index (χ1) is 15.7. The van der Waals surface area contributed by atoms with Gasteiger partial charge in [0.2, 0.25) is 0 Å². The van der Waals surface area contributed by atoms with Crippen molar-refractivity contribution < 1.29 is 23.9 Å². The molecule has 0 bridgehead atoms. The maximum atomic E-state index is 12.5. The highest BCUT2D eigenvalue weighted by Crippen LogP contribution is 2.22. The van der Waals surface area contributed by atoms with Crippen molar-refractivity contribution in [1.82, 2.24) is 14.7 Å². The van der Waals surface area contributed by atoms with Crippen LogP contribution in [0.4, 0.5) is 0 Å². The van der Waals surface area contributed by atoms with Gasteiger partial charge in [0, 0.05) is 25.2 Å². The summed E-state index contributed by atoms with van der Waals surface area (Å²) < 4.78 is 11.8. The molecule has 8 nitrogen and oxygen atoms in total. The van der Waals surface area contributed by atoms with Crippen molar-refractivity contribution in [2.24, 2.45) is 11.8 Å². The molecular weight excluding hydrogens is 422 g/mol. The predicted molar refractivity (Wildman–Crippen MR) is 123 cm³/mol.